The van der Waals surface area contributed by atoms with E-state index >= 15 is 0 Å². The van der Waals surface area contributed by atoms with E-state index < -0.39 is 22.4 Å². The molecule has 5 nitrogen and oxygen atoms in total. The summed E-state index contributed by atoms with van der Waals surface area (Å²) in [6, 6.07) is 3.15. The molecule has 28 heavy (non-hydrogen) atoms. The maximum absolute atomic E-state index is 13.9. The number of nitrogens with zero attached hydrogens (tertiary/aromatic N) is 3. The molecule has 4 rings (SSSR count). The van der Waals surface area contributed by atoms with Crippen molar-refractivity contribution in [1.29, 1.82) is 0 Å². The number of aromatic nitrogens is 3. The summed E-state index contributed by atoms with van der Waals surface area (Å²) < 4.78 is 41.5. The van der Waals surface area contributed by atoms with Gasteiger partial charge in [-0.1, -0.05) is 0 Å². The van der Waals surface area contributed by atoms with E-state index in [0.717, 1.165) is 35.5 Å². The molecule has 0 aliphatic heterocycles. The molecule has 0 amide bonds. The molecule has 1 aromatic carbocycles. The van der Waals surface area contributed by atoms with Crippen LogP contribution in [0.2, 0.25) is 0 Å². The van der Waals surface area contributed by atoms with Crippen LogP contribution in [-0.2, 0) is 23.8 Å². The fourth-order valence-corrected chi connectivity index (χ4v) is 4.57. The summed E-state index contributed by atoms with van der Waals surface area (Å²) in [6.07, 6.45) is 5.63. The van der Waals surface area contributed by atoms with Crippen molar-refractivity contribution in [2.75, 3.05) is 11.5 Å². The minimum Gasteiger partial charge on any atom is -0.382 e. The number of pyridine rings is 1. The molecule has 148 valence electrons. The van der Waals surface area contributed by atoms with Gasteiger partial charge in [-0.3, -0.25) is 4.21 Å². The Labute approximate surface area is 164 Å². The summed E-state index contributed by atoms with van der Waals surface area (Å²) in [4.78, 5) is 8.97. The lowest BCUT2D eigenvalue weighted by Crippen LogP contribution is -2.10. The van der Waals surface area contributed by atoms with Crippen LogP contribution < -0.4 is 5.73 Å². The second-order valence-corrected chi connectivity index (χ2v) is 8.87. The van der Waals surface area contributed by atoms with Crippen molar-refractivity contribution < 1.29 is 13.0 Å². The van der Waals surface area contributed by atoms with Crippen LogP contribution in [0.25, 0.3) is 11.0 Å². The van der Waals surface area contributed by atoms with Crippen LogP contribution in [0.5, 0.6) is 0 Å². The van der Waals surface area contributed by atoms with Gasteiger partial charge in [0.1, 0.15) is 23.0 Å². The Hall–Kier alpha value is -2.35. The van der Waals surface area contributed by atoms with Gasteiger partial charge in [0, 0.05) is 31.0 Å². The first-order valence-corrected chi connectivity index (χ1v) is 10.7. The molecule has 2 N–H and O–H groups in total. The normalized spacial score (nSPS) is 15.2. The zero-order valence-corrected chi connectivity index (χ0v) is 16.4. The minimum atomic E-state index is -1.53. The number of hydrogen-bond acceptors (Lipinski definition) is 4. The first-order chi connectivity index (χ1) is 13.4. The standard InChI is InChI=1S/C20H22F2N4OS/c1-12-11-24-20(23)18-19(12)26(17(25-18)9-13-3-4-13)7-2-8-28(27)16-6-5-14(21)10-15(16)22/h5-6,10-11,13H,2-4,7-9H2,1H3,(H2,23,24). The summed E-state index contributed by atoms with van der Waals surface area (Å²) in [6.45, 7) is 2.58. The molecular formula is C20H22F2N4OS. The topological polar surface area (TPSA) is 73.8 Å². The maximum atomic E-state index is 13.9. The van der Waals surface area contributed by atoms with Crippen molar-refractivity contribution in [2.45, 2.75) is 44.0 Å². The summed E-state index contributed by atoms with van der Waals surface area (Å²) in [5, 5.41) is 0. The SMILES string of the molecule is Cc1cnc(N)c2nc(CC3CC3)n(CCCS(=O)c3ccc(F)cc3F)c12. The molecule has 0 bridgehead atoms. The summed E-state index contributed by atoms with van der Waals surface area (Å²) in [5.41, 5.74) is 8.69. The number of imidazole rings is 1. The predicted molar refractivity (Wildman–Crippen MR) is 105 cm³/mol. The quantitative estimate of drug-likeness (QED) is 0.651. The van der Waals surface area contributed by atoms with Crippen molar-refractivity contribution in [3.63, 3.8) is 0 Å². The molecule has 1 aliphatic carbocycles. The molecule has 1 unspecified atom stereocenters. The number of halogens is 2. The number of benzene rings is 1. The number of rotatable bonds is 7. The van der Waals surface area contributed by atoms with E-state index in [1.807, 2.05) is 6.92 Å². The molecule has 1 saturated carbocycles. The molecule has 0 radical (unpaired) electrons. The van der Waals surface area contributed by atoms with Crippen molar-refractivity contribution in [2.24, 2.45) is 5.92 Å². The minimum absolute atomic E-state index is 0.0414. The van der Waals surface area contributed by atoms with Crippen molar-refractivity contribution in [1.82, 2.24) is 14.5 Å². The average molecular weight is 404 g/mol. The van der Waals surface area contributed by atoms with Gasteiger partial charge in [-0.15, -0.1) is 0 Å². The highest BCUT2D eigenvalue weighted by molar-refractivity contribution is 7.85. The van der Waals surface area contributed by atoms with Crippen LogP contribution in [-0.4, -0.2) is 24.5 Å². The van der Waals surface area contributed by atoms with Crippen LogP contribution in [0.15, 0.2) is 29.3 Å². The van der Waals surface area contributed by atoms with E-state index in [4.69, 9.17) is 10.7 Å². The lowest BCUT2D eigenvalue weighted by atomic mass is 10.2. The van der Waals surface area contributed by atoms with Crippen molar-refractivity contribution in [3.8, 4) is 0 Å². The van der Waals surface area contributed by atoms with Crippen LogP contribution in [0.4, 0.5) is 14.6 Å². The molecule has 1 atom stereocenters. The van der Waals surface area contributed by atoms with E-state index in [1.165, 1.54) is 18.9 Å². The second-order valence-electron chi connectivity index (χ2n) is 7.33. The third-order valence-electron chi connectivity index (χ3n) is 5.08. The van der Waals surface area contributed by atoms with Crippen LogP contribution in [0.3, 0.4) is 0 Å². The fourth-order valence-electron chi connectivity index (χ4n) is 3.47. The maximum Gasteiger partial charge on any atom is 0.151 e. The molecule has 2 heterocycles. The van der Waals surface area contributed by atoms with Gasteiger partial charge in [0.05, 0.1) is 21.2 Å². The lowest BCUT2D eigenvalue weighted by Gasteiger charge is -2.11. The number of fused-ring (bicyclic) bond motifs is 1. The summed E-state index contributed by atoms with van der Waals surface area (Å²) in [7, 11) is -1.53. The van der Waals surface area contributed by atoms with E-state index in [2.05, 4.69) is 9.55 Å². The first-order valence-electron chi connectivity index (χ1n) is 9.37. The van der Waals surface area contributed by atoms with Gasteiger partial charge in [-0.25, -0.2) is 18.7 Å². The van der Waals surface area contributed by atoms with E-state index in [1.54, 1.807) is 6.20 Å². The van der Waals surface area contributed by atoms with Gasteiger partial charge in [0.15, 0.2) is 5.82 Å². The van der Waals surface area contributed by atoms with Gasteiger partial charge < -0.3 is 10.3 Å². The molecule has 0 spiro atoms. The Balaban J connectivity index is 1.55. The lowest BCUT2D eigenvalue weighted by molar-refractivity contribution is 0.561. The molecule has 8 heteroatoms. The van der Waals surface area contributed by atoms with Crippen LogP contribution >= 0.6 is 0 Å². The van der Waals surface area contributed by atoms with E-state index in [9.17, 15) is 13.0 Å². The highest BCUT2D eigenvalue weighted by Crippen LogP contribution is 2.34. The van der Waals surface area contributed by atoms with Crippen molar-refractivity contribution >= 4 is 27.7 Å². The number of aryl methyl sites for hydroxylation is 2. The largest absolute Gasteiger partial charge is 0.382 e. The Kier molecular flexibility index (Phi) is 5.14. The Morgan fingerprint density at radius 3 is 2.82 bits per heavy atom. The second kappa shape index (κ2) is 7.58. The fraction of sp³-hybridized carbons (Fsp3) is 0.400. The Bertz CT molecular complexity index is 1060. The molecular weight excluding hydrogens is 382 g/mol. The number of anilines is 1. The van der Waals surface area contributed by atoms with Crippen LogP contribution in [0, 0.1) is 24.5 Å². The summed E-state index contributed by atoms with van der Waals surface area (Å²) >= 11 is 0. The van der Waals surface area contributed by atoms with E-state index in [0.29, 0.717) is 30.2 Å². The average Bonchev–Trinajstić information content (AvgIpc) is 3.38. The van der Waals surface area contributed by atoms with Gasteiger partial charge in [0.25, 0.3) is 0 Å². The van der Waals surface area contributed by atoms with Crippen molar-refractivity contribution in [3.05, 3.63) is 47.4 Å². The smallest absolute Gasteiger partial charge is 0.151 e. The number of nitrogens with two attached hydrogens (primary N) is 1. The highest BCUT2D eigenvalue weighted by atomic mass is 32.2. The number of nitrogen functional groups attached to an aromatic ring is 1. The first kappa shape index (κ1) is 19.0. The monoisotopic (exact) mass is 404 g/mol. The number of hydrogen-bond donors (Lipinski definition) is 1. The van der Waals surface area contributed by atoms with Gasteiger partial charge >= 0.3 is 0 Å². The Morgan fingerprint density at radius 2 is 2.11 bits per heavy atom. The molecule has 0 saturated heterocycles. The Morgan fingerprint density at radius 1 is 1.32 bits per heavy atom. The van der Waals surface area contributed by atoms with Gasteiger partial charge in [-0.05, 0) is 49.8 Å². The zero-order valence-electron chi connectivity index (χ0n) is 15.6. The van der Waals surface area contributed by atoms with E-state index in [-0.39, 0.29) is 10.6 Å². The highest BCUT2D eigenvalue weighted by Gasteiger charge is 2.25. The zero-order chi connectivity index (χ0) is 19.8. The third kappa shape index (κ3) is 3.78. The molecule has 2 aromatic heterocycles. The summed E-state index contributed by atoms with van der Waals surface area (Å²) in [5.74, 6) is 0.884. The predicted octanol–water partition coefficient (Wildman–Crippen LogP) is 3.75. The molecule has 3 aromatic rings. The van der Waals surface area contributed by atoms with Gasteiger partial charge in [0.2, 0.25) is 0 Å². The van der Waals surface area contributed by atoms with Crippen LogP contribution in [0.1, 0.15) is 30.7 Å². The molecule has 1 fully saturated rings. The van der Waals surface area contributed by atoms with Gasteiger partial charge in [-0.2, -0.15) is 0 Å². The molecule has 1 aliphatic rings. The third-order valence-corrected chi connectivity index (χ3v) is 6.56.